The molecule has 0 radical (unpaired) electrons. The Morgan fingerprint density at radius 1 is 1.11 bits per heavy atom. The fraction of sp³-hybridized carbons (Fsp3) is 0.357. The standard InChI is InChI=1S/C28H32N2O4S/c1-28(2,27(32)33-3)34-24-9-4-8-23(17-24)30-15-5-7-22(19-30)26(31)29-18-20-11-13-21(14-12-20)25-10-6-16-35-25/h4,6,8-14,16-17,22H,5,7,15,18-19H2,1-3H3,(H,29,31). The lowest BCUT2D eigenvalue weighted by atomic mass is 9.96. The molecule has 0 aliphatic carbocycles. The molecule has 1 unspecified atom stereocenters. The monoisotopic (exact) mass is 492 g/mol. The second-order valence-electron chi connectivity index (χ2n) is 9.28. The molecule has 7 heteroatoms. The van der Waals surface area contributed by atoms with E-state index < -0.39 is 11.6 Å². The van der Waals surface area contributed by atoms with Gasteiger partial charge in [-0.1, -0.05) is 36.4 Å². The number of carbonyl (C=O) groups excluding carboxylic acids is 2. The summed E-state index contributed by atoms with van der Waals surface area (Å²) in [5.41, 5.74) is 2.17. The smallest absolute Gasteiger partial charge is 0.349 e. The highest BCUT2D eigenvalue weighted by molar-refractivity contribution is 7.13. The lowest BCUT2D eigenvalue weighted by Crippen LogP contribution is -2.43. The molecule has 0 saturated carbocycles. The number of anilines is 1. The van der Waals surface area contributed by atoms with E-state index in [1.165, 1.54) is 17.6 Å². The molecule has 3 aromatic rings. The summed E-state index contributed by atoms with van der Waals surface area (Å²) in [4.78, 5) is 28.4. The Morgan fingerprint density at radius 3 is 2.63 bits per heavy atom. The number of methoxy groups -OCH3 is 1. The van der Waals surface area contributed by atoms with Gasteiger partial charge in [-0.15, -0.1) is 11.3 Å². The number of ether oxygens (including phenoxy) is 2. The van der Waals surface area contributed by atoms with E-state index in [0.29, 0.717) is 18.8 Å². The Bertz CT molecular complexity index is 1140. The predicted molar refractivity (Wildman–Crippen MR) is 140 cm³/mol. The van der Waals surface area contributed by atoms with Crippen molar-refractivity contribution in [1.82, 2.24) is 5.32 Å². The minimum absolute atomic E-state index is 0.0785. The third-order valence-corrected chi connectivity index (χ3v) is 7.17. The number of carbonyl (C=O) groups is 2. The molecule has 1 aliphatic rings. The Balaban J connectivity index is 1.34. The first-order valence-corrected chi connectivity index (χ1v) is 12.8. The van der Waals surface area contributed by atoms with Crippen LogP contribution in [0.2, 0.25) is 0 Å². The molecule has 184 valence electrons. The molecule has 35 heavy (non-hydrogen) atoms. The number of hydrogen-bond acceptors (Lipinski definition) is 6. The highest BCUT2D eigenvalue weighted by Gasteiger charge is 2.31. The zero-order valence-electron chi connectivity index (χ0n) is 20.5. The summed E-state index contributed by atoms with van der Waals surface area (Å²) in [6.07, 6.45) is 1.80. The van der Waals surface area contributed by atoms with E-state index >= 15 is 0 Å². The minimum atomic E-state index is -1.08. The van der Waals surface area contributed by atoms with Crippen LogP contribution in [0.5, 0.6) is 5.75 Å². The van der Waals surface area contributed by atoms with Crippen LogP contribution in [-0.4, -0.2) is 37.7 Å². The molecular formula is C28H32N2O4S. The average molecular weight is 493 g/mol. The number of nitrogens with one attached hydrogen (secondary N) is 1. The van der Waals surface area contributed by atoms with Gasteiger partial charge in [0.25, 0.3) is 0 Å². The van der Waals surface area contributed by atoms with Crippen molar-refractivity contribution in [3.63, 3.8) is 0 Å². The quantitative estimate of drug-likeness (QED) is 0.434. The molecule has 6 nitrogen and oxygen atoms in total. The van der Waals surface area contributed by atoms with E-state index in [4.69, 9.17) is 9.47 Å². The Labute approximate surface area is 210 Å². The third-order valence-electron chi connectivity index (χ3n) is 6.25. The zero-order chi connectivity index (χ0) is 24.8. The Kier molecular flexibility index (Phi) is 7.76. The van der Waals surface area contributed by atoms with Crippen LogP contribution in [0.25, 0.3) is 10.4 Å². The molecule has 1 amide bonds. The lowest BCUT2D eigenvalue weighted by Gasteiger charge is -2.34. The number of esters is 1. The molecule has 4 rings (SSSR count). The molecule has 0 spiro atoms. The number of benzene rings is 2. The van der Waals surface area contributed by atoms with E-state index in [0.717, 1.165) is 30.6 Å². The fourth-order valence-electron chi connectivity index (χ4n) is 4.31. The number of rotatable bonds is 8. The van der Waals surface area contributed by atoms with Gasteiger partial charge in [-0.05, 0) is 61.4 Å². The summed E-state index contributed by atoms with van der Waals surface area (Å²) in [6.45, 7) is 5.40. The summed E-state index contributed by atoms with van der Waals surface area (Å²) in [5, 5.41) is 5.19. The first-order chi connectivity index (χ1) is 16.9. The van der Waals surface area contributed by atoms with Gasteiger partial charge in [0.1, 0.15) is 5.75 Å². The van der Waals surface area contributed by atoms with Gasteiger partial charge in [0, 0.05) is 36.3 Å². The Hall–Kier alpha value is -3.32. The number of piperidine rings is 1. The second-order valence-corrected chi connectivity index (χ2v) is 10.2. The van der Waals surface area contributed by atoms with Crippen LogP contribution in [0.4, 0.5) is 5.69 Å². The lowest BCUT2D eigenvalue weighted by molar-refractivity contribution is -0.156. The molecule has 1 saturated heterocycles. The fourth-order valence-corrected chi connectivity index (χ4v) is 5.05. The van der Waals surface area contributed by atoms with Crippen molar-refractivity contribution >= 4 is 28.9 Å². The van der Waals surface area contributed by atoms with Crippen LogP contribution in [0.3, 0.4) is 0 Å². The third kappa shape index (κ3) is 6.22. The topological polar surface area (TPSA) is 67.9 Å². The van der Waals surface area contributed by atoms with Crippen molar-refractivity contribution in [3.8, 4) is 16.2 Å². The number of amides is 1. The first-order valence-electron chi connectivity index (χ1n) is 11.9. The maximum atomic E-state index is 13.0. The van der Waals surface area contributed by atoms with E-state index in [9.17, 15) is 9.59 Å². The summed E-state index contributed by atoms with van der Waals surface area (Å²) in [6, 6.07) is 20.2. The summed E-state index contributed by atoms with van der Waals surface area (Å²) >= 11 is 1.72. The molecule has 0 bridgehead atoms. The summed E-state index contributed by atoms with van der Waals surface area (Å²) < 4.78 is 10.7. The highest BCUT2D eigenvalue weighted by Crippen LogP contribution is 2.29. The summed E-state index contributed by atoms with van der Waals surface area (Å²) in [5.74, 6) is 0.163. The van der Waals surface area contributed by atoms with Crippen LogP contribution >= 0.6 is 11.3 Å². The van der Waals surface area contributed by atoms with Crippen molar-refractivity contribution in [3.05, 3.63) is 71.6 Å². The molecule has 1 aliphatic heterocycles. The second kappa shape index (κ2) is 11.0. The van der Waals surface area contributed by atoms with Gasteiger partial charge in [0.15, 0.2) is 5.60 Å². The van der Waals surface area contributed by atoms with Gasteiger partial charge in [-0.25, -0.2) is 4.79 Å². The van der Waals surface area contributed by atoms with Gasteiger partial charge in [-0.2, -0.15) is 0 Å². The first kappa shape index (κ1) is 24.8. The van der Waals surface area contributed by atoms with E-state index in [1.54, 1.807) is 25.2 Å². The van der Waals surface area contributed by atoms with E-state index in [1.807, 2.05) is 30.3 Å². The van der Waals surface area contributed by atoms with Crippen LogP contribution in [0, 0.1) is 5.92 Å². The van der Waals surface area contributed by atoms with E-state index in [2.05, 4.69) is 45.9 Å². The van der Waals surface area contributed by atoms with Gasteiger partial charge >= 0.3 is 5.97 Å². The van der Waals surface area contributed by atoms with Crippen LogP contribution in [0.15, 0.2) is 66.0 Å². The van der Waals surface area contributed by atoms with Crippen molar-refractivity contribution in [2.45, 2.75) is 38.8 Å². The van der Waals surface area contributed by atoms with Crippen molar-refractivity contribution in [2.24, 2.45) is 5.92 Å². The van der Waals surface area contributed by atoms with Gasteiger partial charge in [-0.3, -0.25) is 4.79 Å². The van der Waals surface area contributed by atoms with E-state index in [-0.39, 0.29) is 11.8 Å². The van der Waals surface area contributed by atoms with Gasteiger partial charge < -0.3 is 19.7 Å². The summed E-state index contributed by atoms with van der Waals surface area (Å²) in [7, 11) is 1.35. The molecule has 1 aromatic heterocycles. The molecule has 1 atom stereocenters. The maximum Gasteiger partial charge on any atom is 0.349 e. The molecule has 2 aromatic carbocycles. The maximum absolute atomic E-state index is 13.0. The van der Waals surface area contributed by atoms with Crippen LogP contribution in [0.1, 0.15) is 32.3 Å². The van der Waals surface area contributed by atoms with Crippen molar-refractivity contribution in [1.29, 1.82) is 0 Å². The number of thiophene rings is 1. The number of hydrogen-bond donors (Lipinski definition) is 1. The van der Waals surface area contributed by atoms with Crippen molar-refractivity contribution in [2.75, 3.05) is 25.1 Å². The minimum Gasteiger partial charge on any atom is -0.476 e. The molecule has 1 N–H and O–H groups in total. The average Bonchev–Trinajstić information content (AvgIpc) is 3.42. The normalized spacial score (nSPS) is 16.0. The zero-order valence-corrected chi connectivity index (χ0v) is 21.3. The van der Waals surface area contributed by atoms with Crippen LogP contribution < -0.4 is 15.0 Å². The SMILES string of the molecule is COC(=O)C(C)(C)Oc1cccc(N2CCCC(C(=O)NCc3ccc(-c4cccs4)cc3)C2)c1. The van der Waals surface area contributed by atoms with Crippen molar-refractivity contribution < 1.29 is 19.1 Å². The van der Waals surface area contributed by atoms with Crippen LogP contribution in [-0.2, 0) is 20.9 Å². The van der Waals surface area contributed by atoms with Gasteiger partial charge in [0.05, 0.1) is 13.0 Å². The molecule has 1 fully saturated rings. The highest BCUT2D eigenvalue weighted by atomic mass is 32.1. The number of nitrogens with zero attached hydrogens (tertiary/aromatic N) is 1. The predicted octanol–water partition coefficient (Wildman–Crippen LogP) is 5.28. The molecular weight excluding hydrogens is 460 g/mol. The Morgan fingerprint density at radius 2 is 1.91 bits per heavy atom. The largest absolute Gasteiger partial charge is 0.476 e. The van der Waals surface area contributed by atoms with Gasteiger partial charge in [0.2, 0.25) is 5.91 Å². The molecule has 2 heterocycles.